The van der Waals surface area contributed by atoms with Gasteiger partial charge < -0.3 is 14.4 Å². The maximum atomic E-state index is 13.7. The van der Waals surface area contributed by atoms with Crippen LogP contribution in [0.5, 0.6) is 0 Å². The number of hydrogen-bond acceptors (Lipinski definition) is 4. The number of carbonyl (C=O) groups excluding carboxylic acids is 1. The van der Waals surface area contributed by atoms with Gasteiger partial charge in [-0.05, 0) is 50.1 Å². The lowest BCUT2D eigenvalue weighted by Crippen LogP contribution is -2.25. The van der Waals surface area contributed by atoms with Gasteiger partial charge >= 0.3 is 0 Å². The standard InChI is InChI=1S/C23H19FN4O2/c1-14-21(22(27-30-14)15-4-2-6-17(24)10-15)20-12-28(13-25-20)19-7-3-5-16(11-19)23(29)26-18-8-9-18/h2-7,10-13,18H,8-9H2,1H3,(H,26,29). The molecule has 1 N–H and O–H groups in total. The van der Waals surface area contributed by atoms with Crippen molar-refractivity contribution < 1.29 is 13.7 Å². The number of aryl methyl sites for hydroxylation is 1. The van der Waals surface area contributed by atoms with E-state index in [9.17, 15) is 9.18 Å². The summed E-state index contributed by atoms with van der Waals surface area (Å²) < 4.78 is 20.9. The van der Waals surface area contributed by atoms with Crippen LogP contribution < -0.4 is 5.32 Å². The van der Waals surface area contributed by atoms with E-state index in [2.05, 4.69) is 15.5 Å². The molecule has 150 valence electrons. The number of imidazole rings is 1. The van der Waals surface area contributed by atoms with Crippen molar-refractivity contribution in [3.63, 3.8) is 0 Å². The van der Waals surface area contributed by atoms with Gasteiger partial charge in [0.25, 0.3) is 5.91 Å². The van der Waals surface area contributed by atoms with Gasteiger partial charge in [0.1, 0.15) is 17.3 Å². The minimum atomic E-state index is -0.342. The van der Waals surface area contributed by atoms with Gasteiger partial charge in [-0.25, -0.2) is 9.37 Å². The van der Waals surface area contributed by atoms with Crippen molar-refractivity contribution in [2.75, 3.05) is 0 Å². The minimum absolute atomic E-state index is 0.0667. The van der Waals surface area contributed by atoms with Crippen LogP contribution in [0.4, 0.5) is 4.39 Å². The molecule has 0 spiro atoms. The third kappa shape index (κ3) is 3.50. The Hall–Kier alpha value is -3.74. The van der Waals surface area contributed by atoms with E-state index >= 15 is 0 Å². The summed E-state index contributed by atoms with van der Waals surface area (Å²) in [4.78, 5) is 16.9. The topological polar surface area (TPSA) is 73.0 Å². The first-order valence-electron chi connectivity index (χ1n) is 9.76. The molecule has 6 nitrogen and oxygen atoms in total. The predicted molar refractivity (Wildman–Crippen MR) is 110 cm³/mol. The smallest absolute Gasteiger partial charge is 0.251 e. The molecule has 4 aromatic rings. The highest BCUT2D eigenvalue weighted by Gasteiger charge is 2.24. The molecule has 7 heteroatoms. The molecule has 0 unspecified atom stereocenters. The molecule has 0 saturated heterocycles. The van der Waals surface area contributed by atoms with Crippen molar-refractivity contribution in [1.82, 2.24) is 20.0 Å². The van der Waals surface area contributed by atoms with E-state index < -0.39 is 0 Å². The molecular formula is C23H19FN4O2. The van der Waals surface area contributed by atoms with Gasteiger partial charge in [-0.3, -0.25) is 4.79 Å². The van der Waals surface area contributed by atoms with E-state index in [1.54, 1.807) is 31.5 Å². The van der Waals surface area contributed by atoms with Crippen LogP contribution in [0.1, 0.15) is 29.0 Å². The number of rotatable bonds is 5. The summed E-state index contributed by atoms with van der Waals surface area (Å²) in [6.45, 7) is 1.80. The molecule has 1 amide bonds. The number of nitrogens with one attached hydrogen (secondary N) is 1. The number of benzene rings is 2. The second-order valence-corrected chi connectivity index (χ2v) is 7.44. The lowest BCUT2D eigenvalue weighted by molar-refractivity contribution is 0.0951. The number of amides is 1. The van der Waals surface area contributed by atoms with Crippen molar-refractivity contribution >= 4 is 5.91 Å². The molecule has 0 bridgehead atoms. The number of aromatic nitrogens is 3. The zero-order valence-corrected chi connectivity index (χ0v) is 16.3. The summed E-state index contributed by atoms with van der Waals surface area (Å²) >= 11 is 0. The first-order valence-corrected chi connectivity index (χ1v) is 9.76. The van der Waals surface area contributed by atoms with E-state index in [1.165, 1.54) is 12.1 Å². The van der Waals surface area contributed by atoms with Gasteiger partial charge in [0.15, 0.2) is 0 Å². The van der Waals surface area contributed by atoms with Crippen molar-refractivity contribution in [2.45, 2.75) is 25.8 Å². The first-order chi connectivity index (χ1) is 14.6. The largest absolute Gasteiger partial charge is 0.360 e. The quantitative estimate of drug-likeness (QED) is 0.532. The molecule has 1 fully saturated rings. The molecule has 5 rings (SSSR count). The summed E-state index contributed by atoms with van der Waals surface area (Å²) in [6.07, 6.45) is 5.61. The van der Waals surface area contributed by atoms with E-state index in [0.717, 1.165) is 18.5 Å². The summed E-state index contributed by atoms with van der Waals surface area (Å²) in [6, 6.07) is 13.9. The molecule has 0 atom stereocenters. The van der Waals surface area contributed by atoms with Gasteiger partial charge in [-0.15, -0.1) is 0 Å². The van der Waals surface area contributed by atoms with Crippen molar-refractivity contribution in [3.8, 4) is 28.2 Å². The second-order valence-electron chi connectivity index (χ2n) is 7.44. The van der Waals surface area contributed by atoms with Crippen molar-refractivity contribution in [3.05, 3.63) is 78.2 Å². The van der Waals surface area contributed by atoms with Crippen molar-refractivity contribution in [1.29, 1.82) is 0 Å². The fourth-order valence-electron chi connectivity index (χ4n) is 3.40. The van der Waals surface area contributed by atoms with Crippen LogP contribution in [0.25, 0.3) is 28.2 Å². The summed E-state index contributed by atoms with van der Waals surface area (Å²) in [5.74, 6) is 0.186. The van der Waals surface area contributed by atoms with Crippen LogP contribution in [-0.2, 0) is 0 Å². The van der Waals surface area contributed by atoms with Gasteiger partial charge in [0.05, 0.1) is 17.6 Å². The third-order valence-electron chi connectivity index (χ3n) is 5.12. The van der Waals surface area contributed by atoms with Crippen LogP contribution in [0.2, 0.25) is 0 Å². The molecule has 30 heavy (non-hydrogen) atoms. The Labute approximate surface area is 172 Å². The fraction of sp³-hybridized carbons (Fsp3) is 0.174. The molecule has 1 aliphatic rings. The van der Waals surface area contributed by atoms with Gasteiger partial charge in [0.2, 0.25) is 0 Å². The Balaban J connectivity index is 1.48. The Morgan fingerprint density at radius 3 is 2.83 bits per heavy atom. The summed E-state index contributed by atoms with van der Waals surface area (Å²) in [5, 5.41) is 7.11. The Kier molecular flexibility index (Phi) is 4.43. The van der Waals surface area contributed by atoms with Crippen LogP contribution in [0, 0.1) is 12.7 Å². The molecule has 0 radical (unpaired) electrons. The highest BCUT2D eigenvalue weighted by atomic mass is 19.1. The Morgan fingerprint density at radius 2 is 2.03 bits per heavy atom. The van der Waals surface area contributed by atoms with E-state index in [-0.39, 0.29) is 11.7 Å². The zero-order valence-electron chi connectivity index (χ0n) is 16.3. The number of carbonyl (C=O) groups is 1. The highest BCUT2D eigenvalue weighted by Crippen LogP contribution is 2.34. The number of hydrogen-bond donors (Lipinski definition) is 1. The molecule has 2 aromatic carbocycles. The van der Waals surface area contributed by atoms with Crippen LogP contribution in [0.15, 0.2) is 65.6 Å². The normalized spacial score (nSPS) is 13.4. The van der Waals surface area contributed by atoms with E-state index in [4.69, 9.17) is 4.52 Å². The minimum Gasteiger partial charge on any atom is -0.360 e. The molecule has 2 heterocycles. The van der Waals surface area contributed by atoms with Crippen LogP contribution >= 0.6 is 0 Å². The van der Waals surface area contributed by atoms with Gasteiger partial charge in [-0.1, -0.05) is 23.4 Å². The average molecular weight is 402 g/mol. The fourth-order valence-corrected chi connectivity index (χ4v) is 3.40. The Bertz CT molecular complexity index is 1240. The third-order valence-corrected chi connectivity index (χ3v) is 5.12. The van der Waals surface area contributed by atoms with E-state index in [1.807, 2.05) is 29.0 Å². The molecule has 0 aliphatic heterocycles. The molecule has 1 saturated carbocycles. The van der Waals surface area contributed by atoms with E-state index in [0.29, 0.717) is 39.9 Å². The van der Waals surface area contributed by atoms with Crippen LogP contribution in [0.3, 0.4) is 0 Å². The lowest BCUT2D eigenvalue weighted by Gasteiger charge is -2.06. The summed E-state index contributed by atoms with van der Waals surface area (Å²) in [5.41, 5.74) is 3.95. The molecule has 1 aliphatic carbocycles. The van der Waals surface area contributed by atoms with Gasteiger partial charge in [-0.2, -0.15) is 0 Å². The number of nitrogens with zero attached hydrogens (tertiary/aromatic N) is 3. The Morgan fingerprint density at radius 1 is 1.20 bits per heavy atom. The van der Waals surface area contributed by atoms with Crippen LogP contribution in [-0.4, -0.2) is 26.7 Å². The predicted octanol–water partition coefficient (Wildman–Crippen LogP) is 4.53. The maximum Gasteiger partial charge on any atom is 0.251 e. The first kappa shape index (κ1) is 18.3. The number of halogens is 1. The molecular weight excluding hydrogens is 383 g/mol. The molecule has 2 aromatic heterocycles. The lowest BCUT2D eigenvalue weighted by atomic mass is 10.0. The average Bonchev–Trinajstić information content (AvgIpc) is 3.28. The van der Waals surface area contributed by atoms with Crippen molar-refractivity contribution in [2.24, 2.45) is 0 Å². The van der Waals surface area contributed by atoms with Gasteiger partial charge in [0, 0.05) is 29.1 Å². The summed E-state index contributed by atoms with van der Waals surface area (Å²) in [7, 11) is 0. The highest BCUT2D eigenvalue weighted by molar-refractivity contribution is 5.95. The second kappa shape index (κ2) is 7.26. The zero-order chi connectivity index (χ0) is 20.7. The SMILES string of the molecule is Cc1onc(-c2cccc(F)c2)c1-c1cn(-c2cccc(C(=O)NC3CC3)c2)cn1. The maximum absolute atomic E-state index is 13.7. The monoisotopic (exact) mass is 402 g/mol.